The zero-order chi connectivity index (χ0) is 23.1. The van der Waals surface area contributed by atoms with Gasteiger partial charge in [-0.25, -0.2) is 9.59 Å². The summed E-state index contributed by atoms with van der Waals surface area (Å²) in [6.07, 6.45) is -5.14. The number of rotatable bonds is 6. The number of halogens is 3. The van der Waals surface area contributed by atoms with Crippen molar-refractivity contribution in [3.63, 3.8) is 0 Å². The molecule has 0 saturated carbocycles. The molecule has 0 unspecified atom stereocenters. The van der Waals surface area contributed by atoms with Gasteiger partial charge in [0.15, 0.2) is 0 Å². The lowest BCUT2D eigenvalue weighted by Gasteiger charge is -2.30. The number of carbonyl (C=O) groups excluding carboxylic acids is 2. The summed E-state index contributed by atoms with van der Waals surface area (Å²) < 4.78 is 56.7. The van der Waals surface area contributed by atoms with Crippen LogP contribution in [0.5, 0.6) is 5.75 Å². The summed E-state index contributed by atoms with van der Waals surface area (Å²) in [5.74, 6) is 2.19. The average molecular weight is 435 g/mol. The van der Waals surface area contributed by atoms with Crippen molar-refractivity contribution in [2.75, 3.05) is 26.1 Å². The number of methoxy groups -OCH3 is 2. The molecule has 0 aromatic heterocycles. The molecule has 0 amide bonds. The van der Waals surface area contributed by atoms with Crippen LogP contribution in [0.2, 0.25) is 0 Å². The summed E-state index contributed by atoms with van der Waals surface area (Å²) in [5, 5.41) is 2.15. The third kappa shape index (κ3) is 5.28. The second kappa shape index (κ2) is 9.89. The van der Waals surface area contributed by atoms with E-state index in [2.05, 4.69) is 16.0 Å². The molecule has 0 aliphatic carbocycles. The molecule has 0 radical (unpaired) electrons. The maximum atomic E-state index is 14.1. The number of carbonyl (C=O) groups is 2. The number of ether oxygens (including phenoxy) is 3. The Bertz CT molecular complexity index is 993. The Labute approximate surface area is 177 Å². The van der Waals surface area contributed by atoms with Gasteiger partial charge in [0.2, 0.25) is 0 Å². The Kier molecular flexibility index (Phi) is 7.53. The Balaban J connectivity index is 2.52. The number of anilines is 1. The molecular formula is C22H20F3NO5. The summed E-state index contributed by atoms with van der Waals surface area (Å²) in [7, 11) is 2.12. The number of alkyl halides is 3. The van der Waals surface area contributed by atoms with Crippen LogP contribution in [0.3, 0.4) is 0 Å². The average Bonchev–Trinajstić information content (AvgIpc) is 2.76. The first kappa shape index (κ1) is 23.6. The van der Waals surface area contributed by atoms with E-state index in [1.165, 1.54) is 49.6 Å². The van der Waals surface area contributed by atoms with E-state index >= 15 is 0 Å². The zero-order valence-corrected chi connectivity index (χ0v) is 17.0. The van der Waals surface area contributed by atoms with Gasteiger partial charge in [-0.1, -0.05) is 18.1 Å². The monoisotopic (exact) mass is 435 g/mol. The molecule has 0 aliphatic heterocycles. The smallest absolute Gasteiger partial charge is 0.434 e. The van der Waals surface area contributed by atoms with E-state index < -0.39 is 23.7 Å². The van der Waals surface area contributed by atoms with E-state index in [4.69, 9.17) is 9.47 Å². The lowest BCUT2D eigenvalue weighted by Crippen LogP contribution is -2.57. The van der Waals surface area contributed by atoms with Gasteiger partial charge < -0.3 is 19.5 Å². The van der Waals surface area contributed by atoms with Crippen molar-refractivity contribution in [2.45, 2.75) is 18.6 Å². The predicted molar refractivity (Wildman–Crippen MR) is 107 cm³/mol. The van der Waals surface area contributed by atoms with Crippen LogP contribution < -0.4 is 10.1 Å². The fraction of sp³-hybridized carbons (Fsp3) is 0.273. The molecule has 2 rings (SSSR count). The number of para-hydroxylation sites is 2. The standard InChI is InChI=1S/C22H20F3NO5/c1-4-31-19(27)16-11-9-15(10-12-16)13-14-21(20(28)30-3,22(23,24)25)26-17-7-5-6-8-18(17)29-2/h5-12,26H,4H2,1-3H3/t21-/m1/s1. The van der Waals surface area contributed by atoms with Gasteiger partial charge in [0.1, 0.15) is 5.75 Å². The highest BCUT2D eigenvalue weighted by atomic mass is 19.4. The lowest BCUT2D eigenvalue weighted by molar-refractivity contribution is -0.187. The fourth-order valence-electron chi connectivity index (χ4n) is 2.56. The normalized spacial score (nSPS) is 12.6. The van der Waals surface area contributed by atoms with Crippen molar-refractivity contribution in [1.29, 1.82) is 0 Å². The summed E-state index contributed by atoms with van der Waals surface area (Å²) in [4.78, 5) is 24.0. The van der Waals surface area contributed by atoms with Crippen molar-refractivity contribution >= 4 is 17.6 Å². The molecule has 1 N–H and O–H groups in total. The predicted octanol–water partition coefficient (Wildman–Crippen LogP) is 3.81. The van der Waals surface area contributed by atoms with Gasteiger partial charge in [0.25, 0.3) is 5.54 Å². The van der Waals surface area contributed by atoms with Crippen molar-refractivity contribution in [2.24, 2.45) is 0 Å². The largest absolute Gasteiger partial charge is 0.495 e. The van der Waals surface area contributed by atoms with Crippen LogP contribution in [0.15, 0.2) is 48.5 Å². The molecule has 31 heavy (non-hydrogen) atoms. The zero-order valence-electron chi connectivity index (χ0n) is 17.0. The molecule has 9 heteroatoms. The van der Waals surface area contributed by atoms with E-state index in [0.717, 1.165) is 7.11 Å². The third-order valence-electron chi connectivity index (χ3n) is 4.14. The highest BCUT2D eigenvalue weighted by Crippen LogP contribution is 2.37. The van der Waals surface area contributed by atoms with Gasteiger partial charge >= 0.3 is 18.1 Å². The second-order valence-corrected chi connectivity index (χ2v) is 6.11. The first-order valence-electron chi connectivity index (χ1n) is 9.05. The Hall–Kier alpha value is -3.67. The topological polar surface area (TPSA) is 73.9 Å². The summed E-state index contributed by atoms with van der Waals surface area (Å²) in [6, 6.07) is 11.2. The molecule has 0 fully saturated rings. The Morgan fingerprint density at radius 1 is 1.03 bits per heavy atom. The van der Waals surface area contributed by atoms with Gasteiger partial charge in [-0.2, -0.15) is 13.2 Å². The van der Waals surface area contributed by atoms with Crippen molar-refractivity contribution in [1.82, 2.24) is 0 Å². The van der Waals surface area contributed by atoms with Crippen LogP contribution in [-0.4, -0.2) is 44.5 Å². The fourth-order valence-corrected chi connectivity index (χ4v) is 2.56. The van der Waals surface area contributed by atoms with E-state index in [0.29, 0.717) is 0 Å². The van der Waals surface area contributed by atoms with Gasteiger partial charge in [0.05, 0.1) is 32.1 Å². The van der Waals surface area contributed by atoms with Gasteiger partial charge in [0, 0.05) is 5.56 Å². The van der Waals surface area contributed by atoms with Gasteiger partial charge in [-0.05, 0) is 49.2 Å². The molecule has 164 valence electrons. The van der Waals surface area contributed by atoms with Crippen LogP contribution in [0.25, 0.3) is 0 Å². The maximum Gasteiger partial charge on any atom is 0.434 e. The van der Waals surface area contributed by atoms with E-state index in [-0.39, 0.29) is 29.2 Å². The van der Waals surface area contributed by atoms with Crippen LogP contribution in [0, 0.1) is 11.8 Å². The molecule has 0 spiro atoms. The maximum absolute atomic E-state index is 14.1. The molecule has 1 atom stereocenters. The number of nitrogens with one attached hydrogen (secondary N) is 1. The van der Waals surface area contributed by atoms with E-state index in [9.17, 15) is 22.8 Å². The minimum Gasteiger partial charge on any atom is -0.495 e. The van der Waals surface area contributed by atoms with Crippen molar-refractivity contribution < 1.29 is 37.0 Å². The SMILES string of the molecule is CCOC(=O)c1ccc(C#C[C@@](Nc2ccccc2OC)(C(=O)OC)C(F)(F)F)cc1. The Morgan fingerprint density at radius 3 is 2.23 bits per heavy atom. The molecule has 0 heterocycles. The van der Waals surface area contributed by atoms with E-state index in [1.807, 2.05) is 5.92 Å². The number of esters is 2. The van der Waals surface area contributed by atoms with Crippen LogP contribution >= 0.6 is 0 Å². The molecular weight excluding hydrogens is 415 g/mol. The minimum absolute atomic E-state index is 0.0839. The van der Waals surface area contributed by atoms with Crippen molar-refractivity contribution in [3.05, 3.63) is 59.7 Å². The first-order chi connectivity index (χ1) is 14.7. The second-order valence-electron chi connectivity index (χ2n) is 6.11. The van der Waals surface area contributed by atoms with Crippen LogP contribution in [-0.2, 0) is 14.3 Å². The lowest BCUT2D eigenvalue weighted by atomic mass is 9.97. The molecule has 2 aromatic rings. The number of benzene rings is 2. The summed E-state index contributed by atoms with van der Waals surface area (Å²) >= 11 is 0. The molecule has 0 saturated heterocycles. The first-order valence-corrected chi connectivity index (χ1v) is 9.05. The van der Waals surface area contributed by atoms with Crippen molar-refractivity contribution in [3.8, 4) is 17.6 Å². The summed E-state index contributed by atoms with van der Waals surface area (Å²) in [6.45, 7) is 1.83. The number of hydrogen-bond acceptors (Lipinski definition) is 6. The number of hydrogen-bond donors (Lipinski definition) is 1. The third-order valence-corrected chi connectivity index (χ3v) is 4.14. The highest BCUT2D eigenvalue weighted by molar-refractivity contribution is 5.91. The minimum atomic E-state index is -5.14. The molecule has 6 nitrogen and oxygen atoms in total. The van der Waals surface area contributed by atoms with Gasteiger partial charge in [-0.3, -0.25) is 0 Å². The molecule has 0 aliphatic rings. The Morgan fingerprint density at radius 2 is 1.68 bits per heavy atom. The highest BCUT2D eigenvalue weighted by Gasteiger charge is 2.61. The van der Waals surface area contributed by atoms with Gasteiger partial charge in [-0.15, -0.1) is 0 Å². The van der Waals surface area contributed by atoms with Crippen LogP contribution in [0.4, 0.5) is 18.9 Å². The summed E-state index contributed by atoms with van der Waals surface area (Å²) in [5.41, 5.74) is -3.10. The van der Waals surface area contributed by atoms with Crippen LogP contribution in [0.1, 0.15) is 22.8 Å². The quantitative estimate of drug-likeness (QED) is 0.550. The molecule has 2 aromatic carbocycles. The van der Waals surface area contributed by atoms with E-state index in [1.54, 1.807) is 13.0 Å². The molecule has 0 bridgehead atoms.